The molecule has 1 saturated carbocycles. The van der Waals surface area contributed by atoms with Crippen LogP contribution in [0.4, 0.5) is 10.1 Å². The number of esters is 1. The van der Waals surface area contributed by atoms with E-state index in [-0.39, 0.29) is 23.6 Å². The number of nitrogens with zero attached hydrogens (tertiary/aromatic N) is 1. The summed E-state index contributed by atoms with van der Waals surface area (Å²) in [5.41, 5.74) is 2.29. The SMILES string of the molecule is CCOC(=O)[C@H]1C[C@@H]1c1ccc(NCc2cc(Br)ccc2F)cn1. The lowest BCUT2D eigenvalue weighted by atomic mass is 10.2. The molecule has 1 N–H and O–H groups in total. The van der Waals surface area contributed by atoms with Crippen LogP contribution in [0.5, 0.6) is 0 Å². The molecule has 2 atom stereocenters. The average molecular weight is 393 g/mol. The molecule has 1 fully saturated rings. The van der Waals surface area contributed by atoms with Crippen molar-refractivity contribution in [2.45, 2.75) is 25.8 Å². The molecule has 4 nitrogen and oxygen atoms in total. The third-order valence-corrected chi connectivity index (χ3v) is 4.53. The summed E-state index contributed by atoms with van der Waals surface area (Å²) in [4.78, 5) is 16.1. The van der Waals surface area contributed by atoms with Gasteiger partial charge in [-0.3, -0.25) is 9.78 Å². The van der Waals surface area contributed by atoms with E-state index < -0.39 is 0 Å². The van der Waals surface area contributed by atoms with Crippen LogP contribution >= 0.6 is 15.9 Å². The minimum absolute atomic E-state index is 0.0629. The Morgan fingerprint density at radius 1 is 1.42 bits per heavy atom. The van der Waals surface area contributed by atoms with Crippen molar-refractivity contribution < 1.29 is 13.9 Å². The molecule has 0 amide bonds. The van der Waals surface area contributed by atoms with Crippen LogP contribution in [0.3, 0.4) is 0 Å². The van der Waals surface area contributed by atoms with E-state index >= 15 is 0 Å². The zero-order chi connectivity index (χ0) is 17.1. The van der Waals surface area contributed by atoms with E-state index in [9.17, 15) is 9.18 Å². The molecule has 6 heteroatoms. The molecule has 2 aromatic rings. The highest BCUT2D eigenvalue weighted by Crippen LogP contribution is 2.47. The Hall–Kier alpha value is -1.95. The summed E-state index contributed by atoms with van der Waals surface area (Å²) < 4.78 is 19.6. The summed E-state index contributed by atoms with van der Waals surface area (Å²) in [5, 5.41) is 3.15. The minimum atomic E-state index is -0.245. The molecule has 1 aliphatic carbocycles. The number of hydrogen-bond donors (Lipinski definition) is 1. The van der Waals surface area contributed by atoms with Crippen LogP contribution in [0.25, 0.3) is 0 Å². The van der Waals surface area contributed by atoms with E-state index in [1.807, 2.05) is 19.1 Å². The van der Waals surface area contributed by atoms with E-state index in [1.165, 1.54) is 6.07 Å². The third kappa shape index (κ3) is 3.93. The number of benzene rings is 1. The molecule has 3 rings (SSSR count). The molecule has 1 heterocycles. The number of hydrogen-bond acceptors (Lipinski definition) is 4. The predicted octanol–water partition coefficient (Wildman–Crippen LogP) is 4.26. The Balaban J connectivity index is 1.58. The van der Waals surface area contributed by atoms with E-state index in [0.29, 0.717) is 18.7 Å². The van der Waals surface area contributed by atoms with Crippen LogP contribution in [0.15, 0.2) is 41.0 Å². The summed E-state index contributed by atoms with van der Waals surface area (Å²) in [6.45, 7) is 2.59. The lowest BCUT2D eigenvalue weighted by Crippen LogP contribution is -2.07. The quantitative estimate of drug-likeness (QED) is 0.746. The standard InChI is InChI=1S/C18H18BrFN2O2/c1-2-24-18(23)15-8-14(15)17-6-4-13(10-22-17)21-9-11-7-12(19)3-5-16(11)20/h3-7,10,14-15,21H,2,8-9H2,1H3/t14-,15-/m0/s1. The van der Waals surface area contributed by atoms with E-state index in [4.69, 9.17) is 4.74 Å². The largest absolute Gasteiger partial charge is 0.466 e. The van der Waals surface area contributed by atoms with Gasteiger partial charge in [0.05, 0.1) is 24.4 Å². The van der Waals surface area contributed by atoms with Gasteiger partial charge in [-0.2, -0.15) is 0 Å². The maximum atomic E-state index is 13.7. The van der Waals surface area contributed by atoms with Crippen LogP contribution in [-0.2, 0) is 16.1 Å². The number of anilines is 1. The topological polar surface area (TPSA) is 51.2 Å². The summed E-state index contributed by atoms with van der Waals surface area (Å²) in [6.07, 6.45) is 2.51. The van der Waals surface area contributed by atoms with Gasteiger partial charge in [-0.15, -0.1) is 0 Å². The van der Waals surface area contributed by atoms with Gasteiger partial charge in [0.2, 0.25) is 0 Å². The first kappa shape index (κ1) is 16.9. The number of carbonyl (C=O) groups is 1. The molecular formula is C18H18BrFN2O2. The molecule has 0 saturated heterocycles. The monoisotopic (exact) mass is 392 g/mol. The van der Waals surface area contributed by atoms with Crippen molar-refractivity contribution in [3.05, 3.63) is 58.1 Å². The van der Waals surface area contributed by atoms with Crippen LogP contribution in [0.1, 0.15) is 30.5 Å². The first-order chi connectivity index (χ1) is 11.6. The summed E-state index contributed by atoms with van der Waals surface area (Å²) >= 11 is 3.34. The number of nitrogens with one attached hydrogen (secondary N) is 1. The highest BCUT2D eigenvalue weighted by atomic mass is 79.9. The molecule has 1 aromatic heterocycles. The zero-order valence-electron chi connectivity index (χ0n) is 13.3. The molecular weight excluding hydrogens is 375 g/mol. The van der Waals surface area contributed by atoms with Crippen molar-refractivity contribution in [3.63, 3.8) is 0 Å². The van der Waals surface area contributed by atoms with Gasteiger partial charge in [0.15, 0.2) is 0 Å². The molecule has 0 aliphatic heterocycles. The second-order valence-electron chi connectivity index (χ2n) is 5.76. The number of carbonyl (C=O) groups excluding carboxylic acids is 1. The highest BCUT2D eigenvalue weighted by molar-refractivity contribution is 9.10. The fraction of sp³-hybridized carbons (Fsp3) is 0.333. The van der Waals surface area contributed by atoms with Gasteiger partial charge < -0.3 is 10.1 Å². The molecule has 0 radical (unpaired) electrons. The minimum Gasteiger partial charge on any atom is -0.466 e. The van der Waals surface area contributed by atoms with Crippen molar-refractivity contribution in [3.8, 4) is 0 Å². The van der Waals surface area contributed by atoms with Crippen molar-refractivity contribution in [1.82, 2.24) is 4.98 Å². The third-order valence-electron chi connectivity index (χ3n) is 4.04. The van der Waals surface area contributed by atoms with Crippen molar-refractivity contribution in [2.75, 3.05) is 11.9 Å². The van der Waals surface area contributed by atoms with Gasteiger partial charge in [0.1, 0.15) is 5.82 Å². The molecule has 0 unspecified atom stereocenters. The highest BCUT2D eigenvalue weighted by Gasteiger charge is 2.46. The lowest BCUT2D eigenvalue weighted by molar-refractivity contribution is -0.144. The lowest BCUT2D eigenvalue weighted by Gasteiger charge is -2.08. The van der Waals surface area contributed by atoms with Gasteiger partial charge in [0.25, 0.3) is 0 Å². The van der Waals surface area contributed by atoms with Crippen LogP contribution in [-0.4, -0.2) is 17.6 Å². The van der Waals surface area contributed by atoms with Crippen molar-refractivity contribution in [2.24, 2.45) is 5.92 Å². The molecule has 0 bridgehead atoms. The zero-order valence-corrected chi connectivity index (χ0v) is 14.8. The molecule has 1 aliphatic rings. The molecule has 1 aromatic carbocycles. The number of rotatable bonds is 6. The van der Waals surface area contributed by atoms with Crippen LogP contribution < -0.4 is 5.32 Å². The Labute approximate surface area is 148 Å². The van der Waals surface area contributed by atoms with E-state index in [2.05, 4.69) is 26.2 Å². The van der Waals surface area contributed by atoms with Gasteiger partial charge in [-0.05, 0) is 43.7 Å². The van der Waals surface area contributed by atoms with Gasteiger partial charge >= 0.3 is 5.97 Å². The Morgan fingerprint density at radius 2 is 2.25 bits per heavy atom. The maximum absolute atomic E-state index is 13.7. The molecule has 126 valence electrons. The van der Waals surface area contributed by atoms with Crippen LogP contribution in [0.2, 0.25) is 0 Å². The van der Waals surface area contributed by atoms with Crippen molar-refractivity contribution in [1.29, 1.82) is 0 Å². The number of halogens is 2. The summed E-state index contributed by atoms with van der Waals surface area (Å²) in [5.74, 6) is -0.296. The van der Waals surface area contributed by atoms with E-state index in [0.717, 1.165) is 22.3 Å². The first-order valence-electron chi connectivity index (χ1n) is 7.89. The summed E-state index contributed by atoms with van der Waals surface area (Å²) in [6, 6.07) is 8.66. The Bertz CT molecular complexity index is 736. The van der Waals surface area contributed by atoms with Gasteiger partial charge in [-0.1, -0.05) is 15.9 Å². The molecule has 0 spiro atoms. The number of pyridine rings is 1. The van der Waals surface area contributed by atoms with E-state index in [1.54, 1.807) is 18.3 Å². The fourth-order valence-electron chi connectivity index (χ4n) is 2.64. The Morgan fingerprint density at radius 3 is 2.96 bits per heavy atom. The second-order valence-corrected chi connectivity index (χ2v) is 6.68. The Kier molecular flexibility index (Phi) is 5.14. The smallest absolute Gasteiger partial charge is 0.309 e. The predicted molar refractivity (Wildman–Crippen MR) is 93.1 cm³/mol. The first-order valence-corrected chi connectivity index (χ1v) is 8.68. The van der Waals surface area contributed by atoms with Gasteiger partial charge in [-0.25, -0.2) is 4.39 Å². The van der Waals surface area contributed by atoms with Crippen molar-refractivity contribution >= 4 is 27.6 Å². The number of aromatic nitrogens is 1. The number of ether oxygens (including phenoxy) is 1. The normalized spacial score (nSPS) is 19.0. The summed E-state index contributed by atoms with van der Waals surface area (Å²) in [7, 11) is 0. The van der Waals surface area contributed by atoms with Gasteiger partial charge in [0, 0.05) is 28.2 Å². The second kappa shape index (κ2) is 7.30. The average Bonchev–Trinajstić information content (AvgIpc) is 3.37. The van der Waals surface area contributed by atoms with Crippen LogP contribution in [0, 0.1) is 11.7 Å². The molecule has 24 heavy (non-hydrogen) atoms. The maximum Gasteiger partial charge on any atom is 0.309 e. The fourth-order valence-corrected chi connectivity index (χ4v) is 3.05.